The van der Waals surface area contributed by atoms with Crippen LogP contribution >= 0.6 is 0 Å². The van der Waals surface area contributed by atoms with Gasteiger partial charge in [-0.15, -0.1) is 0 Å². The maximum Gasteiger partial charge on any atom is 0.242 e. The van der Waals surface area contributed by atoms with Crippen LogP contribution in [0.1, 0.15) is 18.4 Å². The van der Waals surface area contributed by atoms with Gasteiger partial charge < -0.3 is 0 Å². The Kier molecular flexibility index (Phi) is 4.15. The Morgan fingerprint density at radius 1 is 0.909 bits per heavy atom. The summed E-state index contributed by atoms with van der Waals surface area (Å²) in [4.78, 5) is 11.4. The molecule has 1 aliphatic rings. The summed E-state index contributed by atoms with van der Waals surface area (Å²) in [6, 6.07) is 18.7. The molecule has 0 N–H and O–H groups in total. The summed E-state index contributed by atoms with van der Waals surface area (Å²) in [5, 5.41) is 5.68. The lowest BCUT2D eigenvalue weighted by molar-refractivity contribution is -0.130. The number of allylic oxidation sites excluding steroid dienone is 1. The van der Waals surface area contributed by atoms with Gasteiger partial charge in [0, 0.05) is 19.9 Å². The Morgan fingerprint density at radius 3 is 2.27 bits per heavy atom. The van der Waals surface area contributed by atoms with E-state index in [4.69, 9.17) is 0 Å². The molecule has 0 aromatic heterocycles. The summed E-state index contributed by atoms with van der Waals surface area (Å²) in [6.45, 7) is 0. The molecule has 110 valence electrons. The van der Waals surface area contributed by atoms with E-state index in [0.717, 1.165) is 11.3 Å². The standard InChI is InChI=1S/C19H18N2O/c1-21-19(22)14-13-18(20-21)12-9-15-7-10-17(11-8-15)16-5-3-2-4-6-16/h2-12H,13-14H2,1H3/b12-9+. The van der Waals surface area contributed by atoms with Crippen molar-refractivity contribution >= 4 is 17.7 Å². The normalized spacial score (nSPS) is 15.2. The quantitative estimate of drug-likeness (QED) is 0.841. The lowest BCUT2D eigenvalue weighted by Crippen LogP contribution is -2.27. The topological polar surface area (TPSA) is 32.7 Å². The molecule has 3 nitrogen and oxygen atoms in total. The Labute approximate surface area is 130 Å². The van der Waals surface area contributed by atoms with E-state index in [-0.39, 0.29) is 5.91 Å². The molecule has 2 aromatic carbocycles. The van der Waals surface area contributed by atoms with Gasteiger partial charge in [0.15, 0.2) is 0 Å². The maximum absolute atomic E-state index is 11.4. The fourth-order valence-corrected chi connectivity index (χ4v) is 2.42. The number of hydrogen-bond acceptors (Lipinski definition) is 2. The smallest absolute Gasteiger partial charge is 0.242 e. The average molecular weight is 290 g/mol. The minimum Gasteiger partial charge on any atom is -0.273 e. The highest BCUT2D eigenvalue weighted by molar-refractivity contribution is 6.02. The Morgan fingerprint density at radius 2 is 1.59 bits per heavy atom. The molecule has 0 fully saturated rings. The van der Waals surface area contributed by atoms with Gasteiger partial charge in [0.1, 0.15) is 0 Å². The highest BCUT2D eigenvalue weighted by atomic mass is 16.2. The molecule has 22 heavy (non-hydrogen) atoms. The molecule has 1 heterocycles. The van der Waals surface area contributed by atoms with E-state index in [1.54, 1.807) is 7.05 Å². The monoisotopic (exact) mass is 290 g/mol. The molecule has 0 bridgehead atoms. The van der Waals surface area contributed by atoms with Crippen molar-refractivity contribution in [2.45, 2.75) is 12.8 Å². The molecule has 0 saturated carbocycles. The van der Waals surface area contributed by atoms with Crippen molar-refractivity contribution in [2.75, 3.05) is 7.05 Å². The van der Waals surface area contributed by atoms with Gasteiger partial charge in [0.05, 0.1) is 5.71 Å². The van der Waals surface area contributed by atoms with Gasteiger partial charge >= 0.3 is 0 Å². The first-order chi connectivity index (χ1) is 10.7. The zero-order chi connectivity index (χ0) is 15.4. The van der Waals surface area contributed by atoms with E-state index in [0.29, 0.717) is 12.8 Å². The highest BCUT2D eigenvalue weighted by Gasteiger charge is 2.14. The summed E-state index contributed by atoms with van der Waals surface area (Å²) in [7, 11) is 1.70. The molecule has 0 unspecified atom stereocenters. The van der Waals surface area contributed by atoms with Crippen LogP contribution in [-0.4, -0.2) is 23.7 Å². The third-order valence-electron chi connectivity index (χ3n) is 3.72. The Hall–Kier alpha value is -2.68. The summed E-state index contributed by atoms with van der Waals surface area (Å²) >= 11 is 0. The van der Waals surface area contributed by atoms with E-state index in [1.165, 1.54) is 16.1 Å². The van der Waals surface area contributed by atoms with Crippen molar-refractivity contribution in [1.29, 1.82) is 0 Å². The Balaban J connectivity index is 1.73. The minimum absolute atomic E-state index is 0.0735. The van der Waals surface area contributed by atoms with Gasteiger partial charge in [0.2, 0.25) is 5.91 Å². The van der Waals surface area contributed by atoms with Crippen molar-refractivity contribution in [3.63, 3.8) is 0 Å². The van der Waals surface area contributed by atoms with E-state index in [1.807, 2.05) is 30.4 Å². The molecule has 1 amide bonds. The third kappa shape index (κ3) is 3.31. The van der Waals surface area contributed by atoms with Crippen LogP contribution in [0.3, 0.4) is 0 Å². The lowest BCUT2D eigenvalue weighted by atomic mass is 10.0. The molecule has 3 rings (SSSR count). The zero-order valence-corrected chi connectivity index (χ0v) is 12.6. The molecule has 1 aliphatic heterocycles. The number of amides is 1. The van der Waals surface area contributed by atoms with Crippen LogP contribution in [0.25, 0.3) is 17.2 Å². The van der Waals surface area contributed by atoms with Crippen LogP contribution in [0, 0.1) is 0 Å². The fraction of sp³-hybridized carbons (Fsp3) is 0.158. The van der Waals surface area contributed by atoms with Crippen LogP contribution in [0.15, 0.2) is 65.8 Å². The number of rotatable bonds is 3. The zero-order valence-electron chi connectivity index (χ0n) is 12.6. The maximum atomic E-state index is 11.4. The molecule has 0 radical (unpaired) electrons. The summed E-state index contributed by atoms with van der Waals surface area (Å²) in [5.41, 5.74) is 4.49. The summed E-state index contributed by atoms with van der Waals surface area (Å²) in [6.07, 6.45) is 5.27. The van der Waals surface area contributed by atoms with Crippen LogP contribution in [0.4, 0.5) is 0 Å². The van der Waals surface area contributed by atoms with E-state index in [9.17, 15) is 4.79 Å². The van der Waals surface area contributed by atoms with Gasteiger partial charge in [-0.25, -0.2) is 5.01 Å². The molecule has 0 spiro atoms. The minimum atomic E-state index is 0.0735. The average Bonchev–Trinajstić information content (AvgIpc) is 2.57. The summed E-state index contributed by atoms with van der Waals surface area (Å²) < 4.78 is 0. The second kappa shape index (κ2) is 6.39. The van der Waals surface area contributed by atoms with Gasteiger partial charge in [-0.2, -0.15) is 5.10 Å². The molecule has 0 aliphatic carbocycles. The van der Waals surface area contributed by atoms with E-state index < -0.39 is 0 Å². The second-order valence-electron chi connectivity index (χ2n) is 5.33. The van der Waals surface area contributed by atoms with Crippen LogP contribution in [0.2, 0.25) is 0 Å². The molecule has 0 atom stereocenters. The van der Waals surface area contributed by atoms with Gasteiger partial charge in [0.25, 0.3) is 0 Å². The van der Waals surface area contributed by atoms with Crippen LogP contribution < -0.4 is 0 Å². The van der Waals surface area contributed by atoms with Crippen LogP contribution in [-0.2, 0) is 4.79 Å². The van der Waals surface area contributed by atoms with Gasteiger partial charge in [-0.1, -0.05) is 60.7 Å². The molecule has 0 saturated heterocycles. The second-order valence-corrected chi connectivity index (χ2v) is 5.33. The van der Waals surface area contributed by atoms with Crippen molar-refractivity contribution in [3.8, 4) is 11.1 Å². The van der Waals surface area contributed by atoms with Crippen molar-refractivity contribution in [2.24, 2.45) is 5.10 Å². The fourth-order valence-electron chi connectivity index (χ4n) is 2.42. The molecular formula is C19H18N2O. The van der Waals surface area contributed by atoms with Gasteiger partial charge in [-0.3, -0.25) is 4.79 Å². The first kappa shape index (κ1) is 14.3. The first-order valence-corrected chi connectivity index (χ1v) is 7.40. The SMILES string of the molecule is CN1N=C(/C=C/c2ccc(-c3ccccc3)cc2)CCC1=O. The molecule has 3 heteroatoms. The summed E-state index contributed by atoms with van der Waals surface area (Å²) in [5.74, 6) is 0.0735. The third-order valence-corrected chi connectivity index (χ3v) is 3.72. The predicted molar refractivity (Wildman–Crippen MR) is 90.4 cm³/mol. The number of nitrogens with zero attached hydrogens (tertiary/aromatic N) is 2. The van der Waals surface area contributed by atoms with Crippen molar-refractivity contribution < 1.29 is 4.79 Å². The number of hydrazone groups is 1. The number of carbonyl (C=O) groups excluding carboxylic acids is 1. The molecular weight excluding hydrogens is 272 g/mol. The van der Waals surface area contributed by atoms with E-state index >= 15 is 0 Å². The largest absolute Gasteiger partial charge is 0.273 e. The Bertz CT molecular complexity index is 715. The van der Waals surface area contributed by atoms with E-state index in [2.05, 4.69) is 41.5 Å². The highest BCUT2D eigenvalue weighted by Crippen LogP contribution is 2.19. The van der Waals surface area contributed by atoms with Crippen LogP contribution in [0.5, 0.6) is 0 Å². The van der Waals surface area contributed by atoms with Crippen molar-refractivity contribution in [1.82, 2.24) is 5.01 Å². The predicted octanol–water partition coefficient (Wildman–Crippen LogP) is 3.98. The number of benzene rings is 2. The number of hydrogen-bond donors (Lipinski definition) is 0. The number of carbonyl (C=O) groups is 1. The first-order valence-electron chi connectivity index (χ1n) is 7.40. The van der Waals surface area contributed by atoms with Gasteiger partial charge in [-0.05, 0) is 22.8 Å². The van der Waals surface area contributed by atoms with Crippen molar-refractivity contribution in [3.05, 3.63) is 66.2 Å². The lowest BCUT2D eigenvalue weighted by Gasteiger charge is -2.17. The molecule has 2 aromatic rings.